The van der Waals surface area contributed by atoms with Crippen molar-refractivity contribution in [2.45, 2.75) is 20.5 Å². The summed E-state index contributed by atoms with van der Waals surface area (Å²) in [6.45, 7) is 4.09. The number of likely N-dealkylation sites (N-methyl/N-ethyl adjacent to an activating group) is 1. The molecule has 0 saturated carbocycles. The lowest BCUT2D eigenvalue weighted by molar-refractivity contribution is -0.218. The Hall–Kier alpha value is -2.86. The first-order chi connectivity index (χ1) is 12.1. The van der Waals surface area contributed by atoms with Crippen LogP contribution in [0.15, 0.2) is 47.6 Å². The molecule has 25 heavy (non-hydrogen) atoms. The first-order valence-corrected chi connectivity index (χ1v) is 7.85. The van der Waals surface area contributed by atoms with E-state index in [1.807, 2.05) is 50.2 Å². The SMILES string of the molecule is CNC(=O)/C(=N/OC)c1ccccc1COOc1cc(C)ccc1C. The number of carbonyl (C=O) groups excluding carboxylic acids is 1. The fraction of sp³-hybridized carbons (Fsp3) is 0.263. The first kappa shape index (κ1) is 18.5. The van der Waals surface area contributed by atoms with Crippen LogP contribution in [-0.4, -0.2) is 25.8 Å². The zero-order chi connectivity index (χ0) is 18.2. The molecule has 132 valence electrons. The van der Waals surface area contributed by atoms with Gasteiger partial charge in [-0.15, -0.1) is 0 Å². The van der Waals surface area contributed by atoms with Crippen molar-refractivity contribution in [1.29, 1.82) is 0 Å². The Morgan fingerprint density at radius 1 is 1.16 bits per heavy atom. The predicted octanol–water partition coefficient (Wildman–Crippen LogP) is 2.91. The van der Waals surface area contributed by atoms with Crippen molar-refractivity contribution in [3.05, 3.63) is 64.7 Å². The lowest BCUT2D eigenvalue weighted by atomic mass is 10.0. The second-order valence-corrected chi connectivity index (χ2v) is 5.47. The van der Waals surface area contributed by atoms with E-state index in [4.69, 9.17) is 14.6 Å². The molecule has 2 aromatic carbocycles. The third-order valence-corrected chi connectivity index (χ3v) is 3.60. The van der Waals surface area contributed by atoms with E-state index < -0.39 is 0 Å². The molecule has 0 saturated heterocycles. The quantitative estimate of drug-likeness (QED) is 0.477. The Morgan fingerprint density at radius 2 is 1.92 bits per heavy atom. The number of nitrogens with zero attached hydrogens (tertiary/aromatic N) is 1. The molecular weight excluding hydrogens is 320 g/mol. The number of amides is 1. The van der Waals surface area contributed by atoms with Crippen molar-refractivity contribution >= 4 is 11.6 Å². The minimum atomic E-state index is -0.343. The molecule has 0 aliphatic rings. The molecule has 1 amide bonds. The number of hydrogen-bond acceptors (Lipinski definition) is 5. The van der Waals surface area contributed by atoms with Gasteiger partial charge in [-0.2, -0.15) is 4.89 Å². The van der Waals surface area contributed by atoms with Crippen LogP contribution < -0.4 is 10.2 Å². The Bertz CT molecular complexity index is 772. The molecule has 1 N–H and O–H groups in total. The van der Waals surface area contributed by atoms with Crippen LogP contribution in [0.25, 0.3) is 0 Å². The van der Waals surface area contributed by atoms with Crippen molar-refractivity contribution in [2.24, 2.45) is 5.16 Å². The predicted molar refractivity (Wildman–Crippen MR) is 95.4 cm³/mol. The van der Waals surface area contributed by atoms with E-state index in [1.165, 1.54) is 14.2 Å². The van der Waals surface area contributed by atoms with Gasteiger partial charge < -0.3 is 15.0 Å². The smallest absolute Gasteiger partial charge is 0.273 e. The summed E-state index contributed by atoms with van der Waals surface area (Å²) >= 11 is 0. The van der Waals surface area contributed by atoms with E-state index in [2.05, 4.69) is 10.5 Å². The average molecular weight is 342 g/mol. The van der Waals surface area contributed by atoms with E-state index >= 15 is 0 Å². The molecule has 0 atom stereocenters. The zero-order valence-electron chi connectivity index (χ0n) is 14.8. The highest BCUT2D eigenvalue weighted by molar-refractivity contribution is 6.45. The van der Waals surface area contributed by atoms with Crippen molar-refractivity contribution in [3.63, 3.8) is 0 Å². The third-order valence-electron chi connectivity index (χ3n) is 3.60. The van der Waals surface area contributed by atoms with Crippen molar-refractivity contribution in [3.8, 4) is 5.75 Å². The number of nitrogens with one attached hydrogen (secondary N) is 1. The van der Waals surface area contributed by atoms with Gasteiger partial charge in [-0.3, -0.25) is 4.79 Å². The maximum Gasteiger partial charge on any atom is 0.273 e. The van der Waals surface area contributed by atoms with E-state index in [0.29, 0.717) is 11.3 Å². The van der Waals surface area contributed by atoms with Crippen molar-refractivity contribution in [2.75, 3.05) is 14.2 Å². The van der Waals surface area contributed by atoms with Crippen LogP contribution in [0.2, 0.25) is 0 Å². The lowest BCUT2D eigenvalue weighted by Crippen LogP contribution is -2.29. The minimum Gasteiger partial charge on any atom is -0.398 e. The zero-order valence-corrected chi connectivity index (χ0v) is 14.8. The summed E-state index contributed by atoms with van der Waals surface area (Å²) in [6.07, 6.45) is 0. The van der Waals surface area contributed by atoms with Gasteiger partial charge in [-0.05, 0) is 36.6 Å². The van der Waals surface area contributed by atoms with Crippen LogP contribution >= 0.6 is 0 Å². The van der Waals surface area contributed by atoms with E-state index in [9.17, 15) is 4.79 Å². The summed E-state index contributed by atoms with van der Waals surface area (Å²) in [5.41, 5.74) is 3.61. The normalized spacial score (nSPS) is 11.1. The van der Waals surface area contributed by atoms with Gasteiger partial charge in [0.1, 0.15) is 13.7 Å². The first-order valence-electron chi connectivity index (χ1n) is 7.85. The van der Waals surface area contributed by atoms with Crippen molar-refractivity contribution in [1.82, 2.24) is 5.32 Å². The molecule has 0 spiro atoms. The van der Waals surface area contributed by atoms with Gasteiger partial charge in [0.15, 0.2) is 11.5 Å². The molecule has 6 heteroatoms. The summed E-state index contributed by atoms with van der Waals surface area (Å²) < 4.78 is 0. The molecule has 0 aromatic heterocycles. The van der Waals surface area contributed by atoms with Crippen LogP contribution in [0, 0.1) is 13.8 Å². The lowest BCUT2D eigenvalue weighted by Gasteiger charge is -2.12. The molecule has 0 unspecified atom stereocenters. The maximum atomic E-state index is 12.0. The van der Waals surface area contributed by atoms with Gasteiger partial charge in [0.05, 0.1) is 0 Å². The summed E-state index contributed by atoms with van der Waals surface area (Å²) in [5, 5.41) is 6.38. The number of rotatable bonds is 7. The summed E-state index contributed by atoms with van der Waals surface area (Å²) in [5.74, 6) is 0.319. The number of benzene rings is 2. The minimum absolute atomic E-state index is 0.156. The molecule has 0 heterocycles. The molecule has 0 aliphatic carbocycles. The second kappa shape index (κ2) is 8.84. The Balaban J connectivity index is 2.16. The molecule has 2 rings (SSSR count). The highest BCUT2D eigenvalue weighted by atomic mass is 17.2. The van der Waals surface area contributed by atoms with Crippen LogP contribution in [0.1, 0.15) is 22.3 Å². The monoisotopic (exact) mass is 342 g/mol. The number of hydrogen-bond donors (Lipinski definition) is 1. The van der Waals surface area contributed by atoms with Crippen LogP contribution in [0.5, 0.6) is 5.75 Å². The third kappa shape index (κ3) is 4.81. The van der Waals surface area contributed by atoms with Gasteiger partial charge in [-0.25, -0.2) is 0 Å². The van der Waals surface area contributed by atoms with Crippen LogP contribution in [0.3, 0.4) is 0 Å². The highest BCUT2D eigenvalue weighted by Crippen LogP contribution is 2.20. The van der Waals surface area contributed by atoms with Gasteiger partial charge >= 0.3 is 0 Å². The standard InChI is InChI=1S/C19H22N2O4/c1-13-9-10-14(2)17(11-13)25-24-12-15-7-5-6-8-16(15)18(21-23-4)19(22)20-3/h5-11H,12H2,1-4H3,(H,20,22)/b21-18+. The molecule has 0 bridgehead atoms. The Morgan fingerprint density at radius 3 is 2.64 bits per heavy atom. The van der Waals surface area contributed by atoms with Crippen LogP contribution in [-0.2, 0) is 21.1 Å². The van der Waals surface area contributed by atoms with E-state index in [-0.39, 0.29) is 18.2 Å². The number of aryl methyl sites for hydroxylation is 2. The molecule has 6 nitrogen and oxygen atoms in total. The molecule has 0 aliphatic heterocycles. The fourth-order valence-electron chi connectivity index (χ4n) is 2.25. The largest absolute Gasteiger partial charge is 0.398 e. The van der Waals surface area contributed by atoms with Gasteiger partial charge in [0.25, 0.3) is 5.91 Å². The molecular formula is C19H22N2O4. The molecule has 2 aromatic rings. The van der Waals surface area contributed by atoms with E-state index in [1.54, 1.807) is 6.07 Å². The Kier molecular flexibility index (Phi) is 6.54. The summed E-state index contributed by atoms with van der Waals surface area (Å²) in [4.78, 5) is 27.7. The van der Waals surface area contributed by atoms with E-state index in [0.717, 1.165) is 16.7 Å². The van der Waals surface area contributed by atoms with Gasteiger partial charge in [-0.1, -0.05) is 41.6 Å². The topological polar surface area (TPSA) is 69.2 Å². The summed E-state index contributed by atoms with van der Waals surface area (Å²) in [7, 11) is 2.93. The summed E-state index contributed by atoms with van der Waals surface area (Å²) in [6, 6.07) is 13.2. The maximum absolute atomic E-state index is 12.0. The average Bonchev–Trinajstić information content (AvgIpc) is 2.62. The second-order valence-electron chi connectivity index (χ2n) is 5.47. The van der Waals surface area contributed by atoms with Gasteiger partial charge in [0, 0.05) is 12.6 Å². The highest BCUT2D eigenvalue weighted by Gasteiger charge is 2.17. The molecule has 0 fully saturated rings. The Labute approximate surface area is 147 Å². The number of carbonyl (C=O) groups is 1. The van der Waals surface area contributed by atoms with Gasteiger partial charge in [0.2, 0.25) is 0 Å². The van der Waals surface area contributed by atoms with Crippen LogP contribution in [0.4, 0.5) is 0 Å². The molecule has 0 radical (unpaired) electrons. The fourth-order valence-corrected chi connectivity index (χ4v) is 2.25. The van der Waals surface area contributed by atoms with Crippen molar-refractivity contribution < 1.29 is 19.4 Å². The number of oxime groups is 1.